The number of fused-ring (bicyclic) bond motifs is 8. The lowest BCUT2D eigenvalue weighted by molar-refractivity contribution is 0.670. The van der Waals surface area contributed by atoms with E-state index in [1.165, 1.54) is 61.2 Å². The number of anilines is 6. The highest BCUT2D eigenvalue weighted by Gasteiger charge is 2.44. The Morgan fingerprint density at radius 3 is 0.989 bits per heavy atom. The molecule has 15 aromatic rings. The summed E-state index contributed by atoms with van der Waals surface area (Å²) < 4.78 is 6.59. The first-order valence-corrected chi connectivity index (χ1v) is 30.2. The number of rotatable bonds is 12. The highest BCUT2D eigenvalue weighted by Crippen LogP contribution is 2.56. The van der Waals surface area contributed by atoms with E-state index in [9.17, 15) is 0 Å². The molecule has 0 atom stereocenters. The van der Waals surface area contributed by atoms with E-state index < -0.39 is 5.41 Å². The van der Waals surface area contributed by atoms with Crippen molar-refractivity contribution in [3.8, 4) is 66.8 Å². The SMILES string of the molecule is c1ccc(-c2ccc(N(c3ccc(-c4ccccc4)cc3)c3cccc(C4(c5cccc(N(c6ccc(-c7ccccc7)cc6)c6ccc(-c7cccc8c7oc7ccccc78)cc6)c5)c5ccccc5-c5ccccc5-c5ccccc54)c3)cc2)cc1. The summed E-state index contributed by atoms with van der Waals surface area (Å²) in [6, 6.07) is 129. The number of para-hydroxylation sites is 2. The van der Waals surface area contributed by atoms with Crippen molar-refractivity contribution >= 4 is 56.1 Å². The molecule has 414 valence electrons. The molecule has 0 saturated carbocycles. The molecule has 1 aliphatic carbocycles. The summed E-state index contributed by atoms with van der Waals surface area (Å²) in [6.45, 7) is 0. The quantitative estimate of drug-likeness (QED) is 0.122. The first kappa shape index (κ1) is 52.1. The average molecular weight is 1120 g/mol. The Labute approximate surface area is 513 Å². The van der Waals surface area contributed by atoms with Crippen LogP contribution >= 0.6 is 0 Å². The fourth-order valence-corrected chi connectivity index (χ4v) is 13.7. The second-order valence-electron chi connectivity index (χ2n) is 22.7. The summed E-state index contributed by atoms with van der Waals surface area (Å²) in [7, 11) is 0. The van der Waals surface area contributed by atoms with Crippen molar-refractivity contribution in [3.05, 3.63) is 374 Å². The minimum Gasteiger partial charge on any atom is -0.455 e. The Hall–Kier alpha value is -11.5. The van der Waals surface area contributed by atoms with E-state index in [-0.39, 0.29) is 0 Å². The van der Waals surface area contributed by atoms with E-state index in [2.05, 4.69) is 356 Å². The van der Waals surface area contributed by atoms with E-state index in [0.29, 0.717) is 0 Å². The number of furan rings is 1. The lowest BCUT2D eigenvalue weighted by atomic mass is 9.63. The molecule has 0 fully saturated rings. The minimum atomic E-state index is -0.865. The van der Waals surface area contributed by atoms with E-state index in [0.717, 1.165) is 83.9 Å². The van der Waals surface area contributed by atoms with Gasteiger partial charge >= 0.3 is 0 Å². The van der Waals surface area contributed by atoms with Crippen LogP contribution < -0.4 is 9.80 Å². The molecule has 0 N–H and O–H groups in total. The maximum atomic E-state index is 6.59. The molecule has 0 radical (unpaired) electrons. The number of benzene rings is 14. The molecule has 1 heterocycles. The van der Waals surface area contributed by atoms with Crippen LogP contribution in [0.15, 0.2) is 356 Å². The van der Waals surface area contributed by atoms with Crippen LogP contribution in [-0.2, 0) is 5.41 Å². The first-order valence-electron chi connectivity index (χ1n) is 30.2. The molecule has 1 aromatic heterocycles. The van der Waals surface area contributed by atoms with Crippen LogP contribution in [0.25, 0.3) is 88.7 Å². The predicted molar refractivity (Wildman–Crippen MR) is 368 cm³/mol. The number of hydrogen-bond acceptors (Lipinski definition) is 3. The molecular weight excluding hydrogens is 1060 g/mol. The maximum absolute atomic E-state index is 6.59. The Morgan fingerprint density at radius 2 is 0.545 bits per heavy atom. The van der Waals surface area contributed by atoms with Gasteiger partial charge < -0.3 is 14.2 Å². The normalized spacial score (nSPS) is 12.2. The third kappa shape index (κ3) is 9.08. The van der Waals surface area contributed by atoms with Crippen molar-refractivity contribution in [1.82, 2.24) is 0 Å². The largest absolute Gasteiger partial charge is 0.455 e. The molecular formula is C85H58N2O. The fraction of sp³-hybridized carbons (Fsp3) is 0.0118. The second-order valence-corrected chi connectivity index (χ2v) is 22.7. The van der Waals surface area contributed by atoms with Gasteiger partial charge in [0.25, 0.3) is 0 Å². The van der Waals surface area contributed by atoms with Crippen LogP contribution in [0.1, 0.15) is 22.3 Å². The summed E-state index contributed by atoms with van der Waals surface area (Å²) in [4.78, 5) is 4.83. The van der Waals surface area contributed by atoms with Gasteiger partial charge in [-0.1, -0.05) is 273 Å². The third-order valence-electron chi connectivity index (χ3n) is 17.8. The zero-order chi connectivity index (χ0) is 58.4. The molecule has 0 amide bonds. The minimum absolute atomic E-state index is 0.865. The van der Waals surface area contributed by atoms with Gasteiger partial charge in [-0.2, -0.15) is 0 Å². The lowest BCUT2D eigenvalue weighted by Crippen LogP contribution is -2.32. The summed E-state index contributed by atoms with van der Waals surface area (Å²) in [5, 5.41) is 2.23. The summed E-state index contributed by atoms with van der Waals surface area (Å²) in [6.07, 6.45) is 0. The van der Waals surface area contributed by atoms with Crippen LogP contribution in [0.5, 0.6) is 0 Å². The van der Waals surface area contributed by atoms with Crippen molar-refractivity contribution in [3.63, 3.8) is 0 Å². The van der Waals surface area contributed by atoms with Crippen molar-refractivity contribution in [2.75, 3.05) is 9.80 Å². The van der Waals surface area contributed by atoms with Crippen LogP contribution in [-0.4, -0.2) is 0 Å². The van der Waals surface area contributed by atoms with Crippen LogP contribution in [0.3, 0.4) is 0 Å². The molecule has 0 aliphatic heterocycles. The molecule has 88 heavy (non-hydrogen) atoms. The molecule has 0 saturated heterocycles. The molecule has 3 heteroatoms. The van der Waals surface area contributed by atoms with Gasteiger partial charge in [-0.3, -0.25) is 0 Å². The zero-order valence-electron chi connectivity index (χ0n) is 48.3. The molecule has 3 nitrogen and oxygen atoms in total. The van der Waals surface area contributed by atoms with Gasteiger partial charge in [-0.05, 0) is 162 Å². The molecule has 0 unspecified atom stereocenters. The lowest BCUT2D eigenvalue weighted by Gasteiger charge is -2.39. The standard InChI is InChI=1S/C85H58N2O/c1-4-21-59(22-5-1)62-41-49-68(50-42-62)86(69-51-43-63(44-52-69)60-23-6-2-7-24-60)72-29-18-27-66(57-72)85(81-38-15-12-33-77(81)75-31-10-11-32-76(75)78-34-13-16-39-82(78)85)67-28-19-30-73(58-67)87(70-53-45-64(46-54-70)61-25-8-3-9-26-61)71-55-47-65(48-56-71)74-36-20-37-80-79-35-14-17-40-83(79)88-84(74)80/h1-58H. The van der Waals surface area contributed by atoms with Gasteiger partial charge in [0, 0.05) is 50.5 Å². The van der Waals surface area contributed by atoms with Crippen LogP contribution in [0.2, 0.25) is 0 Å². The zero-order valence-corrected chi connectivity index (χ0v) is 48.3. The Balaban J connectivity index is 0.908. The molecule has 16 rings (SSSR count). The van der Waals surface area contributed by atoms with Gasteiger partial charge in [0.15, 0.2) is 0 Å². The molecule has 0 bridgehead atoms. The van der Waals surface area contributed by atoms with E-state index in [1.54, 1.807) is 0 Å². The van der Waals surface area contributed by atoms with Crippen molar-refractivity contribution < 1.29 is 4.42 Å². The molecule has 0 spiro atoms. The Morgan fingerprint density at radius 1 is 0.216 bits per heavy atom. The summed E-state index contributed by atoms with van der Waals surface area (Å²) in [5.41, 5.74) is 25.8. The van der Waals surface area contributed by atoms with E-state index >= 15 is 0 Å². The van der Waals surface area contributed by atoms with Gasteiger partial charge in [0.2, 0.25) is 0 Å². The van der Waals surface area contributed by atoms with Gasteiger partial charge in [0.05, 0.1) is 5.41 Å². The van der Waals surface area contributed by atoms with Gasteiger partial charge in [-0.25, -0.2) is 0 Å². The van der Waals surface area contributed by atoms with Crippen molar-refractivity contribution in [2.45, 2.75) is 5.41 Å². The molecule has 1 aliphatic rings. The van der Waals surface area contributed by atoms with E-state index in [1.807, 2.05) is 6.07 Å². The van der Waals surface area contributed by atoms with Crippen molar-refractivity contribution in [2.24, 2.45) is 0 Å². The van der Waals surface area contributed by atoms with Gasteiger partial charge in [-0.15, -0.1) is 0 Å². The average Bonchev–Trinajstić information content (AvgIpc) is 1.56. The fourth-order valence-electron chi connectivity index (χ4n) is 13.7. The number of hydrogen-bond donors (Lipinski definition) is 0. The monoisotopic (exact) mass is 1120 g/mol. The van der Waals surface area contributed by atoms with Gasteiger partial charge in [0.1, 0.15) is 11.2 Å². The number of nitrogens with zero attached hydrogens (tertiary/aromatic N) is 2. The van der Waals surface area contributed by atoms with Crippen molar-refractivity contribution in [1.29, 1.82) is 0 Å². The topological polar surface area (TPSA) is 19.6 Å². The Bertz CT molecular complexity index is 4840. The third-order valence-corrected chi connectivity index (χ3v) is 17.8. The maximum Gasteiger partial charge on any atom is 0.143 e. The summed E-state index contributed by atoms with van der Waals surface area (Å²) in [5.74, 6) is 0. The Kier molecular flexibility index (Phi) is 13.1. The summed E-state index contributed by atoms with van der Waals surface area (Å²) >= 11 is 0. The van der Waals surface area contributed by atoms with Crippen LogP contribution in [0.4, 0.5) is 34.1 Å². The second kappa shape index (κ2) is 22.2. The predicted octanol–water partition coefficient (Wildman–Crippen LogP) is 23.2. The highest BCUT2D eigenvalue weighted by molar-refractivity contribution is 6.09. The highest BCUT2D eigenvalue weighted by atomic mass is 16.3. The molecule has 14 aromatic carbocycles. The van der Waals surface area contributed by atoms with Crippen LogP contribution in [0, 0.1) is 0 Å². The first-order chi connectivity index (χ1) is 43.6. The smallest absolute Gasteiger partial charge is 0.143 e. The van der Waals surface area contributed by atoms with E-state index in [4.69, 9.17) is 4.42 Å².